The number of amides is 2. The average molecular weight is 250 g/mol. The van der Waals surface area contributed by atoms with Crippen LogP contribution >= 0.6 is 0 Å². The summed E-state index contributed by atoms with van der Waals surface area (Å²) in [7, 11) is 0. The molecule has 0 aliphatic carbocycles. The maximum atomic E-state index is 11.7. The molecule has 7 heteroatoms. The summed E-state index contributed by atoms with van der Waals surface area (Å²) >= 11 is 0. The molecule has 7 nitrogen and oxygen atoms in total. The van der Waals surface area contributed by atoms with Crippen molar-refractivity contribution in [2.45, 2.75) is 6.42 Å². The molecule has 1 aromatic carbocycles. The number of nitrogens with zero attached hydrogens (tertiary/aromatic N) is 1. The molecule has 0 fully saturated rings. The Morgan fingerprint density at radius 2 is 2.28 bits per heavy atom. The lowest BCUT2D eigenvalue weighted by molar-refractivity contribution is -0.122. The number of nitrogens with one attached hydrogen (secondary N) is 1. The number of rotatable bonds is 3. The monoisotopic (exact) mass is 250 g/mol. The summed E-state index contributed by atoms with van der Waals surface area (Å²) in [5, 5.41) is 0. The number of hydrazine groups is 1. The van der Waals surface area contributed by atoms with Gasteiger partial charge in [-0.05, 0) is 12.1 Å². The lowest BCUT2D eigenvalue weighted by Crippen LogP contribution is -2.41. The van der Waals surface area contributed by atoms with Gasteiger partial charge in [-0.2, -0.15) is 0 Å². The van der Waals surface area contributed by atoms with Gasteiger partial charge in [0.05, 0.1) is 5.69 Å². The Morgan fingerprint density at radius 1 is 1.50 bits per heavy atom. The molecule has 1 aliphatic heterocycles. The van der Waals surface area contributed by atoms with Crippen molar-refractivity contribution in [2.75, 3.05) is 23.8 Å². The third kappa shape index (κ3) is 2.35. The molecular formula is C11H14N4O3. The molecule has 0 saturated carbocycles. The predicted octanol–water partition coefficient (Wildman–Crippen LogP) is -0.626. The van der Waals surface area contributed by atoms with E-state index in [1.807, 2.05) is 5.43 Å². The van der Waals surface area contributed by atoms with Gasteiger partial charge in [-0.3, -0.25) is 15.0 Å². The molecule has 96 valence electrons. The van der Waals surface area contributed by atoms with Crippen LogP contribution in [0.5, 0.6) is 5.75 Å². The van der Waals surface area contributed by atoms with E-state index in [-0.39, 0.29) is 31.4 Å². The van der Waals surface area contributed by atoms with Crippen molar-refractivity contribution >= 4 is 23.2 Å². The highest BCUT2D eigenvalue weighted by Gasteiger charge is 2.25. The fourth-order valence-electron chi connectivity index (χ4n) is 1.75. The fraction of sp³-hybridized carbons (Fsp3) is 0.273. The zero-order valence-corrected chi connectivity index (χ0v) is 9.68. The van der Waals surface area contributed by atoms with Crippen molar-refractivity contribution in [3.8, 4) is 5.75 Å². The minimum Gasteiger partial charge on any atom is -0.481 e. The highest BCUT2D eigenvalue weighted by atomic mass is 16.5. The number of benzene rings is 1. The molecular weight excluding hydrogens is 236 g/mol. The first-order valence-electron chi connectivity index (χ1n) is 5.44. The molecule has 0 atom stereocenters. The number of hydrogen-bond donors (Lipinski definition) is 3. The second-order valence-electron chi connectivity index (χ2n) is 3.88. The van der Waals surface area contributed by atoms with Crippen LogP contribution in [0.2, 0.25) is 0 Å². The van der Waals surface area contributed by atoms with E-state index >= 15 is 0 Å². The lowest BCUT2D eigenvalue weighted by atomic mass is 10.2. The van der Waals surface area contributed by atoms with Gasteiger partial charge in [-0.25, -0.2) is 5.84 Å². The molecule has 1 heterocycles. The van der Waals surface area contributed by atoms with Gasteiger partial charge in [0, 0.05) is 24.7 Å². The Bertz CT molecular complexity index is 489. The minimum absolute atomic E-state index is 0.0549. The summed E-state index contributed by atoms with van der Waals surface area (Å²) in [6, 6.07) is 5.02. The Kier molecular flexibility index (Phi) is 3.33. The molecule has 18 heavy (non-hydrogen) atoms. The van der Waals surface area contributed by atoms with Crippen molar-refractivity contribution < 1.29 is 14.3 Å². The van der Waals surface area contributed by atoms with Crippen LogP contribution in [-0.2, 0) is 9.59 Å². The van der Waals surface area contributed by atoms with Crippen molar-refractivity contribution in [1.29, 1.82) is 0 Å². The summed E-state index contributed by atoms with van der Waals surface area (Å²) in [5.41, 5.74) is 8.84. The number of ether oxygens (including phenoxy) is 1. The summed E-state index contributed by atoms with van der Waals surface area (Å²) in [6.07, 6.45) is 0.131. The molecule has 0 saturated heterocycles. The number of fused-ring (bicyclic) bond motifs is 1. The van der Waals surface area contributed by atoms with E-state index < -0.39 is 0 Å². The summed E-state index contributed by atoms with van der Waals surface area (Å²) < 4.78 is 5.28. The lowest BCUT2D eigenvalue weighted by Gasteiger charge is -2.29. The zero-order chi connectivity index (χ0) is 13.1. The quantitative estimate of drug-likeness (QED) is 0.286. The second-order valence-corrected chi connectivity index (χ2v) is 3.88. The molecule has 1 aliphatic rings. The number of carbonyl (C=O) groups excluding carboxylic acids is 2. The van der Waals surface area contributed by atoms with Crippen molar-refractivity contribution in [3.63, 3.8) is 0 Å². The highest BCUT2D eigenvalue weighted by molar-refractivity contribution is 5.98. The number of anilines is 2. The van der Waals surface area contributed by atoms with Crippen molar-refractivity contribution in [2.24, 2.45) is 5.84 Å². The van der Waals surface area contributed by atoms with E-state index in [2.05, 4.69) is 0 Å². The Labute approximate surface area is 104 Å². The Hall–Kier alpha value is -2.28. The van der Waals surface area contributed by atoms with Gasteiger partial charge in [0.15, 0.2) is 6.61 Å². The maximum Gasteiger partial charge on any atom is 0.265 e. The smallest absolute Gasteiger partial charge is 0.265 e. The van der Waals surface area contributed by atoms with Crippen LogP contribution in [0, 0.1) is 0 Å². The molecule has 0 aromatic heterocycles. The highest BCUT2D eigenvalue weighted by Crippen LogP contribution is 2.33. The van der Waals surface area contributed by atoms with E-state index in [9.17, 15) is 9.59 Å². The van der Waals surface area contributed by atoms with Crippen LogP contribution in [0.3, 0.4) is 0 Å². The van der Waals surface area contributed by atoms with Crippen molar-refractivity contribution in [1.82, 2.24) is 5.43 Å². The number of nitrogens with two attached hydrogens (primary N) is 2. The van der Waals surface area contributed by atoms with Gasteiger partial charge in [0.2, 0.25) is 5.91 Å². The number of hydrogen-bond acceptors (Lipinski definition) is 5. The van der Waals surface area contributed by atoms with Gasteiger partial charge in [0.1, 0.15) is 5.75 Å². The first-order chi connectivity index (χ1) is 8.61. The normalized spacial score (nSPS) is 13.8. The third-order valence-electron chi connectivity index (χ3n) is 2.65. The fourth-order valence-corrected chi connectivity index (χ4v) is 1.75. The van der Waals surface area contributed by atoms with Crippen LogP contribution in [0.4, 0.5) is 11.4 Å². The van der Waals surface area contributed by atoms with E-state index in [0.717, 1.165) is 0 Å². The summed E-state index contributed by atoms with van der Waals surface area (Å²) in [5.74, 6) is 5.01. The third-order valence-corrected chi connectivity index (χ3v) is 2.65. The van der Waals surface area contributed by atoms with E-state index in [0.29, 0.717) is 17.1 Å². The first kappa shape index (κ1) is 12.2. The van der Waals surface area contributed by atoms with Crippen LogP contribution in [0.25, 0.3) is 0 Å². The number of carbonyl (C=O) groups is 2. The topological polar surface area (TPSA) is 111 Å². The maximum absolute atomic E-state index is 11.7. The Balaban J connectivity index is 2.20. The van der Waals surface area contributed by atoms with Gasteiger partial charge >= 0.3 is 0 Å². The summed E-state index contributed by atoms with van der Waals surface area (Å²) in [6.45, 7) is 0.197. The van der Waals surface area contributed by atoms with Gasteiger partial charge in [-0.1, -0.05) is 0 Å². The van der Waals surface area contributed by atoms with Crippen molar-refractivity contribution in [3.05, 3.63) is 18.2 Å². The zero-order valence-electron chi connectivity index (χ0n) is 9.68. The predicted molar refractivity (Wildman–Crippen MR) is 65.6 cm³/mol. The van der Waals surface area contributed by atoms with E-state index in [4.69, 9.17) is 16.3 Å². The summed E-state index contributed by atoms with van der Waals surface area (Å²) in [4.78, 5) is 24.3. The Morgan fingerprint density at radius 3 is 3.00 bits per heavy atom. The van der Waals surface area contributed by atoms with E-state index in [1.165, 1.54) is 4.90 Å². The van der Waals surface area contributed by atoms with E-state index in [1.54, 1.807) is 18.2 Å². The van der Waals surface area contributed by atoms with Crippen LogP contribution in [-0.4, -0.2) is 25.0 Å². The van der Waals surface area contributed by atoms with Gasteiger partial charge in [0.25, 0.3) is 5.91 Å². The molecule has 0 spiro atoms. The molecule has 0 unspecified atom stereocenters. The van der Waals surface area contributed by atoms with Gasteiger partial charge < -0.3 is 15.4 Å². The second kappa shape index (κ2) is 4.92. The standard InChI is InChI=1S/C11H14N4O3/c12-7-1-2-8-9(5-7)18-6-11(17)15(8)4-3-10(16)14-13/h1-2,5H,3-4,6,12-13H2,(H,14,16). The molecule has 0 bridgehead atoms. The van der Waals surface area contributed by atoms with Crippen LogP contribution < -0.4 is 26.6 Å². The number of nitrogen functional groups attached to an aromatic ring is 1. The van der Waals surface area contributed by atoms with Crippen LogP contribution in [0.1, 0.15) is 6.42 Å². The molecule has 0 radical (unpaired) electrons. The van der Waals surface area contributed by atoms with Crippen LogP contribution in [0.15, 0.2) is 18.2 Å². The molecule has 2 amide bonds. The molecule has 5 N–H and O–H groups in total. The SMILES string of the molecule is NNC(=O)CCN1C(=O)COc2cc(N)ccc21. The molecule has 1 aromatic rings. The largest absolute Gasteiger partial charge is 0.481 e. The minimum atomic E-state index is -0.328. The molecule has 2 rings (SSSR count). The first-order valence-corrected chi connectivity index (χ1v) is 5.44. The van der Waals surface area contributed by atoms with Gasteiger partial charge in [-0.15, -0.1) is 0 Å². The average Bonchev–Trinajstić information content (AvgIpc) is 2.37.